The largest absolute Gasteiger partial charge is 0.388 e. The zero-order chi connectivity index (χ0) is 10.1. The molecule has 0 radical (unpaired) electrons. The van der Waals surface area contributed by atoms with Gasteiger partial charge >= 0.3 is 0 Å². The molecule has 1 heterocycles. The van der Waals surface area contributed by atoms with Crippen LogP contribution in [0.2, 0.25) is 0 Å². The van der Waals surface area contributed by atoms with Crippen LogP contribution >= 0.6 is 11.8 Å². The minimum absolute atomic E-state index is 0.249. The lowest BCUT2D eigenvalue weighted by molar-refractivity contribution is 0.174. The summed E-state index contributed by atoms with van der Waals surface area (Å²) in [6, 6.07) is 4.38. The average molecular weight is 208 g/mol. The quantitative estimate of drug-likeness (QED) is 0.707. The van der Waals surface area contributed by atoms with Gasteiger partial charge in [0.1, 0.15) is 0 Å². The second kappa shape index (κ2) is 3.95. The van der Waals surface area contributed by atoms with Crippen molar-refractivity contribution in [2.45, 2.75) is 32.1 Å². The first kappa shape index (κ1) is 10.1. The van der Waals surface area contributed by atoms with E-state index in [1.165, 1.54) is 22.3 Å². The van der Waals surface area contributed by atoms with Gasteiger partial charge in [-0.25, -0.2) is 0 Å². The van der Waals surface area contributed by atoms with Crippen LogP contribution in [0.15, 0.2) is 12.1 Å². The van der Waals surface area contributed by atoms with Crippen LogP contribution in [0.3, 0.4) is 0 Å². The molecule has 14 heavy (non-hydrogen) atoms. The third kappa shape index (κ3) is 1.82. The van der Waals surface area contributed by atoms with Crippen LogP contribution in [0.4, 0.5) is 0 Å². The molecule has 0 saturated heterocycles. The standard InChI is InChI=1S/C12H16OS/c1-8-5-9(2)12-10(6-8)7-14-4-3-11(12)13/h5-6,11,13H,3-4,7H2,1-2H3/t11-/m0/s1. The van der Waals surface area contributed by atoms with Crippen molar-refractivity contribution < 1.29 is 5.11 Å². The summed E-state index contributed by atoms with van der Waals surface area (Å²) in [5.41, 5.74) is 5.06. The minimum Gasteiger partial charge on any atom is -0.388 e. The predicted octanol–water partition coefficient (Wildman–Crippen LogP) is 2.97. The fourth-order valence-electron chi connectivity index (χ4n) is 2.18. The minimum atomic E-state index is -0.249. The van der Waals surface area contributed by atoms with Crippen molar-refractivity contribution in [3.8, 4) is 0 Å². The molecule has 2 rings (SSSR count). The molecule has 0 unspecified atom stereocenters. The van der Waals surface area contributed by atoms with Gasteiger partial charge in [-0.3, -0.25) is 0 Å². The van der Waals surface area contributed by atoms with Crippen LogP contribution in [0.25, 0.3) is 0 Å². The molecular formula is C12H16OS. The Balaban J connectivity index is 2.53. The first-order valence-corrected chi connectivity index (χ1v) is 6.20. The molecule has 0 aliphatic carbocycles. The summed E-state index contributed by atoms with van der Waals surface area (Å²) in [7, 11) is 0. The van der Waals surface area contributed by atoms with Gasteiger partial charge in [-0.15, -0.1) is 0 Å². The lowest BCUT2D eigenvalue weighted by Crippen LogP contribution is -2.03. The number of aliphatic hydroxyl groups is 1. The summed E-state index contributed by atoms with van der Waals surface area (Å²) < 4.78 is 0. The number of hydrogen-bond donors (Lipinski definition) is 1. The van der Waals surface area contributed by atoms with Gasteiger partial charge in [0, 0.05) is 5.75 Å². The summed E-state index contributed by atoms with van der Waals surface area (Å²) in [6.07, 6.45) is 0.641. The van der Waals surface area contributed by atoms with E-state index in [2.05, 4.69) is 26.0 Å². The smallest absolute Gasteiger partial charge is 0.0803 e. The van der Waals surface area contributed by atoms with Crippen molar-refractivity contribution >= 4 is 11.8 Å². The predicted molar refractivity (Wildman–Crippen MR) is 61.7 cm³/mol. The van der Waals surface area contributed by atoms with Crippen LogP contribution in [-0.4, -0.2) is 10.9 Å². The molecule has 1 aliphatic rings. The molecule has 0 amide bonds. The Hall–Kier alpha value is -0.470. The van der Waals surface area contributed by atoms with Crippen LogP contribution < -0.4 is 0 Å². The molecule has 1 aromatic carbocycles. The van der Waals surface area contributed by atoms with E-state index < -0.39 is 0 Å². The highest BCUT2D eigenvalue weighted by molar-refractivity contribution is 7.98. The summed E-state index contributed by atoms with van der Waals surface area (Å²) in [5.74, 6) is 2.11. The maximum atomic E-state index is 10.00. The van der Waals surface area contributed by atoms with Crippen LogP contribution in [0.1, 0.15) is 34.8 Å². The first-order chi connectivity index (χ1) is 6.68. The molecule has 1 aromatic rings. The summed E-state index contributed by atoms with van der Waals surface area (Å²) in [4.78, 5) is 0. The van der Waals surface area contributed by atoms with E-state index in [-0.39, 0.29) is 6.10 Å². The SMILES string of the molecule is Cc1cc(C)c2c(c1)CSCC[C@@H]2O. The normalized spacial score (nSPS) is 21.5. The van der Waals surface area contributed by atoms with Crippen molar-refractivity contribution in [1.82, 2.24) is 0 Å². The topological polar surface area (TPSA) is 20.2 Å². The highest BCUT2D eigenvalue weighted by Gasteiger charge is 2.18. The Labute approximate surface area is 89.5 Å². The number of fused-ring (bicyclic) bond motifs is 1. The highest BCUT2D eigenvalue weighted by atomic mass is 32.2. The second-order valence-corrected chi connectivity index (χ2v) is 5.12. The van der Waals surface area contributed by atoms with Gasteiger partial charge in [0.25, 0.3) is 0 Å². The molecular weight excluding hydrogens is 192 g/mol. The van der Waals surface area contributed by atoms with Crippen molar-refractivity contribution in [1.29, 1.82) is 0 Å². The Morgan fingerprint density at radius 2 is 2.14 bits per heavy atom. The van der Waals surface area contributed by atoms with E-state index in [4.69, 9.17) is 0 Å². The fourth-order valence-corrected chi connectivity index (χ4v) is 3.18. The van der Waals surface area contributed by atoms with Gasteiger partial charge in [-0.2, -0.15) is 11.8 Å². The van der Waals surface area contributed by atoms with Crippen molar-refractivity contribution in [2.75, 3.05) is 5.75 Å². The van der Waals surface area contributed by atoms with Gasteiger partial charge < -0.3 is 5.11 Å². The third-order valence-electron chi connectivity index (χ3n) is 2.74. The second-order valence-electron chi connectivity index (χ2n) is 4.01. The van der Waals surface area contributed by atoms with Gasteiger partial charge in [0.05, 0.1) is 6.10 Å². The molecule has 1 N–H and O–H groups in total. The zero-order valence-electron chi connectivity index (χ0n) is 8.71. The average Bonchev–Trinajstić information content (AvgIpc) is 2.27. The van der Waals surface area contributed by atoms with E-state index >= 15 is 0 Å². The molecule has 1 aliphatic heterocycles. The summed E-state index contributed by atoms with van der Waals surface area (Å²) >= 11 is 1.92. The Morgan fingerprint density at radius 3 is 2.93 bits per heavy atom. The van der Waals surface area contributed by atoms with Crippen LogP contribution in [0, 0.1) is 13.8 Å². The Bertz CT molecular complexity index is 346. The van der Waals surface area contributed by atoms with Gasteiger partial charge in [0.2, 0.25) is 0 Å². The van der Waals surface area contributed by atoms with Gasteiger partial charge in [0.15, 0.2) is 0 Å². The molecule has 0 saturated carbocycles. The van der Waals surface area contributed by atoms with E-state index in [9.17, 15) is 5.11 Å². The van der Waals surface area contributed by atoms with Crippen molar-refractivity contribution in [2.24, 2.45) is 0 Å². The fraction of sp³-hybridized carbons (Fsp3) is 0.500. The van der Waals surface area contributed by atoms with Crippen LogP contribution in [0.5, 0.6) is 0 Å². The molecule has 2 heteroatoms. The third-order valence-corrected chi connectivity index (χ3v) is 3.78. The maximum absolute atomic E-state index is 10.00. The maximum Gasteiger partial charge on any atom is 0.0803 e. The monoisotopic (exact) mass is 208 g/mol. The number of aryl methyl sites for hydroxylation is 2. The number of rotatable bonds is 0. The van der Waals surface area contributed by atoms with Crippen molar-refractivity contribution in [3.05, 3.63) is 34.4 Å². The molecule has 0 bridgehead atoms. The summed E-state index contributed by atoms with van der Waals surface area (Å²) in [5, 5.41) is 10.00. The lowest BCUT2D eigenvalue weighted by Gasteiger charge is -2.15. The van der Waals surface area contributed by atoms with E-state index in [0.29, 0.717) is 0 Å². The van der Waals surface area contributed by atoms with Crippen molar-refractivity contribution in [3.63, 3.8) is 0 Å². The highest BCUT2D eigenvalue weighted by Crippen LogP contribution is 2.33. The van der Waals surface area contributed by atoms with E-state index in [1.54, 1.807) is 0 Å². The summed E-state index contributed by atoms with van der Waals surface area (Å²) in [6.45, 7) is 4.22. The molecule has 0 fully saturated rings. The Morgan fingerprint density at radius 1 is 1.36 bits per heavy atom. The molecule has 1 atom stereocenters. The number of aliphatic hydroxyl groups excluding tert-OH is 1. The van der Waals surface area contributed by atoms with Gasteiger partial charge in [-0.05, 0) is 42.7 Å². The van der Waals surface area contributed by atoms with Crippen LogP contribution in [-0.2, 0) is 5.75 Å². The zero-order valence-corrected chi connectivity index (χ0v) is 9.53. The van der Waals surface area contributed by atoms with Gasteiger partial charge in [-0.1, -0.05) is 17.7 Å². The molecule has 0 spiro atoms. The first-order valence-electron chi connectivity index (χ1n) is 5.04. The Kier molecular flexibility index (Phi) is 2.84. The number of benzene rings is 1. The lowest BCUT2D eigenvalue weighted by atomic mass is 9.94. The number of hydrogen-bond acceptors (Lipinski definition) is 2. The molecule has 1 nitrogen and oxygen atoms in total. The molecule has 0 aromatic heterocycles. The van der Waals surface area contributed by atoms with E-state index in [0.717, 1.165) is 17.9 Å². The molecule has 76 valence electrons. The number of thioether (sulfide) groups is 1. The van der Waals surface area contributed by atoms with E-state index in [1.807, 2.05) is 11.8 Å².